The Morgan fingerprint density at radius 1 is 0.743 bits per heavy atom. The summed E-state index contributed by atoms with van der Waals surface area (Å²) in [5, 5.41) is 54.1. The maximum atomic E-state index is 15.7. The predicted molar refractivity (Wildman–Crippen MR) is 526 cm³/mol. The molecule has 16 atom stereocenters. The summed E-state index contributed by atoms with van der Waals surface area (Å²) in [6.07, 6.45) is 19.8. The number of aryl methyl sites for hydroxylation is 1. The number of aromatic nitrogens is 5. The highest BCUT2D eigenvalue weighted by atomic mass is 32.2. The summed E-state index contributed by atoms with van der Waals surface area (Å²) in [6, 6.07) is 10.5. The summed E-state index contributed by atoms with van der Waals surface area (Å²) in [4.78, 5) is 133. The van der Waals surface area contributed by atoms with Crippen LogP contribution in [0.25, 0.3) is 11.1 Å². The number of anilines is 3. The first-order chi connectivity index (χ1) is 66.9. The lowest BCUT2D eigenvalue weighted by molar-refractivity contribution is -0.265. The van der Waals surface area contributed by atoms with E-state index in [2.05, 4.69) is 70.1 Å². The lowest BCUT2D eigenvalue weighted by atomic mass is 9.78. The Morgan fingerprint density at radius 2 is 1.45 bits per heavy atom. The van der Waals surface area contributed by atoms with E-state index in [1.807, 2.05) is 81.2 Å². The third kappa shape index (κ3) is 30.4. The van der Waals surface area contributed by atoms with Crippen molar-refractivity contribution in [1.82, 2.24) is 49.8 Å². The number of piperidine rings is 1. The van der Waals surface area contributed by atoms with Crippen LogP contribution in [-0.2, 0) is 80.0 Å². The molecule has 140 heavy (non-hydrogen) atoms. The molecule has 7 N–H and O–H groups in total. The van der Waals surface area contributed by atoms with E-state index in [1.54, 1.807) is 65.7 Å². The molecule has 0 radical (unpaired) electrons. The number of benzene rings is 2. The van der Waals surface area contributed by atoms with Crippen LogP contribution >= 0.6 is 0 Å². The number of ketones is 3. The molecule has 766 valence electrons. The maximum Gasteiger partial charge on any atom is 0.329 e. The number of sulfone groups is 1. The number of nitrogens with zero attached hydrogens (tertiary/aromatic N) is 12. The molecule has 5 aromatic rings. The number of pyridine rings is 1. The minimum Gasteiger partial charge on any atom is -0.491 e. The number of esters is 1. The topological polar surface area (TPSA) is 443 Å². The molecule has 37 heteroatoms. The Balaban J connectivity index is 0.000000289. The number of rotatable bonds is 27. The Kier molecular flexibility index (Phi) is 41.4. The Hall–Kier alpha value is -10.3. The zero-order valence-electron chi connectivity index (χ0n) is 83.3. The van der Waals surface area contributed by atoms with Gasteiger partial charge in [-0.3, -0.25) is 33.7 Å². The summed E-state index contributed by atoms with van der Waals surface area (Å²) < 4.78 is 83.9. The van der Waals surface area contributed by atoms with E-state index in [9.17, 15) is 62.4 Å². The van der Waals surface area contributed by atoms with Crippen LogP contribution in [0.3, 0.4) is 0 Å². The van der Waals surface area contributed by atoms with Gasteiger partial charge in [-0.05, 0) is 187 Å². The molecule has 1 saturated carbocycles. The molecule has 3 aromatic heterocycles. The number of fused-ring (bicyclic) bond motifs is 4. The van der Waals surface area contributed by atoms with Gasteiger partial charge in [0.25, 0.3) is 23.5 Å². The van der Waals surface area contributed by atoms with Gasteiger partial charge in [-0.25, -0.2) is 42.5 Å². The van der Waals surface area contributed by atoms with E-state index >= 15 is 4.39 Å². The second-order valence-corrected chi connectivity index (χ2v) is 40.6. The van der Waals surface area contributed by atoms with E-state index < -0.39 is 122 Å². The molecule has 6 aliphatic heterocycles. The second kappa shape index (κ2) is 52.6. The summed E-state index contributed by atoms with van der Waals surface area (Å²) >= 11 is 0. The zero-order chi connectivity index (χ0) is 101. The number of carbonyl (C=O) groups excluding carboxylic acids is 7. The molecule has 0 spiro atoms. The van der Waals surface area contributed by atoms with Crippen molar-refractivity contribution in [1.29, 1.82) is 0 Å². The number of nitrogen functional groups attached to an aromatic ring is 1. The molecule has 5 fully saturated rings. The molecule has 9 heterocycles. The lowest BCUT2D eigenvalue weighted by Crippen LogP contribution is -2.61. The molecule has 0 unspecified atom stereocenters. The van der Waals surface area contributed by atoms with Gasteiger partial charge in [0.15, 0.2) is 22.2 Å². The van der Waals surface area contributed by atoms with E-state index in [0.29, 0.717) is 132 Å². The zero-order valence-corrected chi connectivity index (χ0v) is 84.2. The number of carbonyl (C=O) groups is 7. The number of nitrogens with one attached hydrogen (secondary N) is 1. The Labute approximate surface area is 822 Å². The van der Waals surface area contributed by atoms with Gasteiger partial charge in [0.05, 0.1) is 67.3 Å². The number of halogens is 1. The van der Waals surface area contributed by atoms with Crippen LogP contribution < -0.4 is 25.6 Å². The summed E-state index contributed by atoms with van der Waals surface area (Å²) in [7, 11) is 2.55. The van der Waals surface area contributed by atoms with Crippen LogP contribution in [0.1, 0.15) is 183 Å². The number of Topliss-reactive ketones (excluding diaryl/α,β-unsaturated/α-hetero) is 3. The number of cyclic esters (lactones) is 1. The van der Waals surface area contributed by atoms with E-state index in [1.165, 1.54) is 42.3 Å². The molecule has 35 nitrogen and oxygen atoms in total. The van der Waals surface area contributed by atoms with Crippen molar-refractivity contribution in [3.63, 3.8) is 0 Å². The number of likely N-dealkylation sites (N-methyl/N-ethyl adjacent to an activating group) is 1. The van der Waals surface area contributed by atoms with Gasteiger partial charge >= 0.3 is 5.97 Å². The van der Waals surface area contributed by atoms with E-state index in [-0.39, 0.29) is 117 Å². The van der Waals surface area contributed by atoms with Crippen LogP contribution in [0.2, 0.25) is 0 Å². The number of methoxy groups -OCH3 is 3. The van der Waals surface area contributed by atoms with Crippen LogP contribution in [0.4, 0.5) is 22.1 Å². The molecular weight excluding hydrogens is 1820 g/mol. The fraction of sp³-hybridized carbons (Fsp3) is 0.602. The van der Waals surface area contributed by atoms with Gasteiger partial charge in [0, 0.05) is 191 Å². The van der Waals surface area contributed by atoms with Gasteiger partial charge in [-0.1, -0.05) is 82.3 Å². The fourth-order valence-electron chi connectivity index (χ4n) is 19.0. The molecule has 2 aromatic carbocycles. The van der Waals surface area contributed by atoms with Crippen molar-refractivity contribution in [3.05, 3.63) is 155 Å². The van der Waals surface area contributed by atoms with Crippen molar-refractivity contribution in [2.24, 2.45) is 40.7 Å². The van der Waals surface area contributed by atoms with Crippen LogP contribution in [-0.4, -0.2) is 320 Å². The van der Waals surface area contributed by atoms with Gasteiger partial charge in [0.1, 0.15) is 59.0 Å². The van der Waals surface area contributed by atoms with Gasteiger partial charge in [-0.2, -0.15) is 0 Å². The molecule has 3 amide bonds. The van der Waals surface area contributed by atoms with Gasteiger partial charge in [0.2, 0.25) is 17.7 Å². The number of piperazine rings is 2. The van der Waals surface area contributed by atoms with Crippen molar-refractivity contribution in [3.8, 4) is 16.9 Å². The first-order valence-corrected chi connectivity index (χ1v) is 50.8. The minimum atomic E-state index is -4.19. The second-order valence-electron chi connectivity index (χ2n) is 38.6. The number of hydrogen-bond acceptors (Lipinski definition) is 32. The predicted octanol–water partition coefficient (Wildman–Crippen LogP) is 9.44. The van der Waals surface area contributed by atoms with Crippen LogP contribution in [0.5, 0.6) is 5.75 Å². The number of oxime groups is 1. The number of nitrogens with two attached hydrogens (primary N) is 1. The highest BCUT2D eigenvalue weighted by Gasteiger charge is 2.53. The molecule has 7 aliphatic rings. The van der Waals surface area contributed by atoms with Crippen molar-refractivity contribution in [2.45, 2.75) is 231 Å². The SMILES string of the molecule is CC(=O)CCOCCN1CCN(c2ncc(C(=O)NCCS(=O)(=O)c3ccc(C(=O)N4CCOc5ccc(-c6ccc(N)nc6)cc5C4)c(C)c3F)cn2)CC1.CO[C@H]1C[C@@H]2CC[C@@H](C)[C@@](O)(O2)C(=O)C(=O)N2CCCC[C@H]2C(=O)O[C@H]([C@H](C)C[C@@H]2CC[C@@H](O)[C@H](OC)C2)C[C@@H](O)[C@H](C)/C=C(\C)[C@@H](O)[C@@H](OC)C(=NOCC(=O)CCc2cnc(N3CCN(C)CC3)nc2)[C@H](C)C[C@H](C)/C=C/C=C/C=C/1C. The minimum absolute atomic E-state index is 0.00488. The first-order valence-electron chi connectivity index (χ1n) is 49.1. The standard InChI is InChI=1S/C64H100N6O14.C39H45FN8O7S/c1-40-17-13-12-14-18-41(2)54(79-9)35-50-24-20-46(7)64(78,84-50)60(75)61(76)70-26-16-15-19-51(70)62(77)83-55(43(4)33-47-22-25-52(72)56(34-47)80-10)36-53(73)42(3)32-45(6)58(74)59(81-11)57(44(5)31-40)67-82-39-49(71)23-21-48-37-65-63(66-38-48)69-29-27-68(8)28-30-69;1-26(49)9-17-54-18-15-46-11-13-47(14-12-46)39-44-23-31(24-45-39)37(50)42-10-20-56(52,53)34-7-5-32(27(2)36(34)40)38(51)48-16-19-55-33-6-3-28(21-30(33)25-48)29-4-8-35(41)43-22-29/h12-14,17-18,32,37-38,40,42-44,46-47,50-56,58-59,72-74,78H,15-16,19-31,33-36,39H2,1-11H3;3-8,21-24H,9-20,25H2,1-2H3,(H2,41,43)(H,42,50)/b14-12+,17-13+,41-18+,45-32+,67-57?;/t40-,42-,43-,44-,46-,47+,50+,51+,52-,53-,54+,55+,56-,58-,59+,64-;/m1./s1. The van der Waals surface area contributed by atoms with Crippen molar-refractivity contribution < 1.29 is 105 Å². The Bertz CT molecular complexity index is 5250. The first kappa shape index (κ1) is 110. The molecular formula is C103H145FN14O21S. The molecule has 4 saturated heterocycles. The fourth-order valence-corrected chi connectivity index (χ4v) is 20.3. The lowest BCUT2D eigenvalue weighted by Gasteiger charge is -2.43. The number of aliphatic hydroxyl groups is 4. The highest BCUT2D eigenvalue weighted by molar-refractivity contribution is 7.91. The highest BCUT2D eigenvalue weighted by Crippen LogP contribution is 2.40. The monoisotopic (exact) mass is 1970 g/mol. The maximum absolute atomic E-state index is 15.7. The van der Waals surface area contributed by atoms with E-state index in [0.717, 1.165) is 86.1 Å². The third-order valence-corrected chi connectivity index (χ3v) is 29.7. The number of hydrogen-bond donors (Lipinski definition) is 6. The van der Waals surface area contributed by atoms with Crippen molar-refractivity contribution in [2.75, 3.05) is 155 Å². The van der Waals surface area contributed by atoms with Crippen molar-refractivity contribution >= 4 is 74.3 Å². The average molecular weight is 1970 g/mol. The van der Waals surface area contributed by atoms with Gasteiger partial charge < -0.3 is 94.0 Å². The molecule has 1 aliphatic carbocycles. The van der Waals surface area contributed by atoms with Crippen LogP contribution in [0.15, 0.2) is 131 Å². The van der Waals surface area contributed by atoms with Gasteiger partial charge in [-0.15, -0.1) is 0 Å². The third-order valence-electron chi connectivity index (χ3n) is 28.0. The van der Waals surface area contributed by atoms with E-state index in [4.69, 9.17) is 43.7 Å². The average Bonchev–Trinajstić information content (AvgIpc) is 0.866. The van der Waals surface area contributed by atoms with Crippen LogP contribution in [0, 0.1) is 48.2 Å². The number of amides is 3. The largest absolute Gasteiger partial charge is 0.491 e. The number of aliphatic hydroxyl groups excluding tert-OH is 3. The number of ether oxygens (including phenoxy) is 7. The summed E-state index contributed by atoms with van der Waals surface area (Å²) in [5.74, 6) is -7.63. The summed E-state index contributed by atoms with van der Waals surface area (Å²) in [5.41, 5.74) is 10.9. The Morgan fingerprint density at radius 3 is 2.14 bits per heavy atom. The normalized spacial score (nSPS) is 27.8. The smallest absolute Gasteiger partial charge is 0.329 e. The number of allylic oxidation sites excluding steroid dienone is 5. The molecule has 12 rings (SSSR count). The summed E-state index contributed by atoms with van der Waals surface area (Å²) in [6.45, 7) is 24.5. The molecule has 2 bridgehead atoms. The quantitative estimate of drug-likeness (QED) is 0.00936.